The molecule has 0 aromatic carbocycles. The van der Waals surface area contributed by atoms with Crippen LogP contribution in [0.5, 0.6) is 0 Å². The molecule has 0 rings (SSSR count). The standard InChI is InChI=1S/C7H11ClO2/c1-3-4-6(2)7(9)10-5-8/h4H,3,5H2,1-2H3. The number of hydrogen-bond acceptors (Lipinski definition) is 2. The quantitative estimate of drug-likeness (QED) is 0.361. The normalized spacial score (nSPS) is 11.3. The lowest BCUT2D eigenvalue weighted by molar-refractivity contribution is -0.136. The van der Waals surface area contributed by atoms with E-state index in [1.807, 2.05) is 6.92 Å². The molecular formula is C7H11ClO2. The number of alkyl halides is 1. The van der Waals surface area contributed by atoms with Crippen LogP contribution in [0.4, 0.5) is 0 Å². The first-order chi connectivity index (χ1) is 4.72. The third-order valence-electron chi connectivity index (χ3n) is 1.02. The maximum Gasteiger partial charge on any atom is 0.334 e. The lowest BCUT2D eigenvalue weighted by Gasteiger charge is -1.98. The van der Waals surface area contributed by atoms with Crippen molar-refractivity contribution >= 4 is 17.6 Å². The van der Waals surface area contributed by atoms with E-state index >= 15 is 0 Å². The number of rotatable bonds is 3. The predicted molar refractivity (Wildman–Crippen MR) is 40.9 cm³/mol. The fraction of sp³-hybridized carbons (Fsp3) is 0.571. The number of carbonyl (C=O) groups excluding carboxylic acids is 1. The molecule has 0 amide bonds. The van der Waals surface area contributed by atoms with Gasteiger partial charge < -0.3 is 4.74 Å². The number of carbonyl (C=O) groups is 1. The summed E-state index contributed by atoms with van der Waals surface area (Å²) in [5, 5.41) is 0. The Kier molecular flexibility index (Phi) is 5.03. The lowest BCUT2D eigenvalue weighted by Crippen LogP contribution is -2.03. The Morgan fingerprint density at radius 2 is 2.30 bits per heavy atom. The van der Waals surface area contributed by atoms with Crippen molar-refractivity contribution in [2.75, 3.05) is 6.07 Å². The molecule has 0 spiro atoms. The fourth-order valence-corrected chi connectivity index (χ4v) is 0.652. The van der Waals surface area contributed by atoms with Gasteiger partial charge in [0.1, 0.15) is 0 Å². The Balaban J connectivity index is 3.82. The monoisotopic (exact) mass is 162 g/mol. The molecule has 0 bridgehead atoms. The Labute approximate surface area is 65.8 Å². The van der Waals surface area contributed by atoms with Crippen molar-refractivity contribution in [2.45, 2.75) is 20.3 Å². The first-order valence-electron chi connectivity index (χ1n) is 3.12. The highest BCUT2D eigenvalue weighted by molar-refractivity contribution is 6.17. The summed E-state index contributed by atoms with van der Waals surface area (Å²) in [6, 6.07) is -0.0757. The number of ether oxygens (including phenoxy) is 1. The van der Waals surface area contributed by atoms with Crippen molar-refractivity contribution in [1.29, 1.82) is 0 Å². The minimum Gasteiger partial charge on any atom is -0.446 e. The summed E-state index contributed by atoms with van der Waals surface area (Å²) in [6.45, 7) is 3.66. The molecule has 0 fully saturated rings. The highest BCUT2D eigenvalue weighted by Gasteiger charge is 2.01. The van der Waals surface area contributed by atoms with Gasteiger partial charge in [0.05, 0.1) is 0 Å². The van der Waals surface area contributed by atoms with Gasteiger partial charge in [0.15, 0.2) is 6.07 Å². The Hall–Kier alpha value is -0.500. The van der Waals surface area contributed by atoms with Gasteiger partial charge in [-0.1, -0.05) is 24.6 Å². The molecule has 58 valence electrons. The molecule has 0 heterocycles. The summed E-state index contributed by atoms with van der Waals surface area (Å²) in [5.74, 6) is -0.336. The third kappa shape index (κ3) is 3.51. The second-order valence-corrected chi connectivity index (χ2v) is 2.05. The molecule has 0 aliphatic carbocycles. The second-order valence-electron chi connectivity index (χ2n) is 1.84. The molecule has 0 radical (unpaired) electrons. The summed E-state index contributed by atoms with van der Waals surface area (Å²) in [4.78, 5) is 10.8. The largest absolute Gasteiger partial charge is 0.446 e. The zero-order valence-corrected chi connectivity index (χ0v) is 6.94. The summed E-state index contributed by atoms with van der Waals surface area (Å²) in [6.07, 6.45) is 2.64. The Morgan fingerprint density at radius 1 is 1.70 bits per heavy atom. The van der Waals surface area contributed by atoms with Gasteiger partial charge in [-0.2, -0.15) is 0 Å². The van der Waals surface area contributed by atoms with E-state index in [9.17, 15) is 4.79 Å². The molecule has 0 saturated carbocycles. The van der Waals surface area contributed by atoms with Gasteiger partial charge in [-0.3, -0.25) is 0 Å². The average molecular weight is 163 g/mol. The molecule has 0 unspecified atom stereocenters. The van der Waals surface area contributed by atoms with Crippen molar-refractivity contribution in [2.24, 2.45) is 0 Å². The lowest BCUT2D eigenvalue weighted by atomic mass is 10.2. The highest BCUT2D eigenvalue weighted by atomic mass is 35.5. The first-order valence-corrected chi connectivity index (χ1v) is 3.65. The van der Waals surface area contributed by atoms with Gasteiger partial charge in [0.25, 0.3) is 0 Å². The molecule has 0 aliphatic rings. The van der Waals surface area contributed by atoms with E-state index in [4.69, 9.17) is 11.6 Å². The van der Waals surface area contributed by atoms with Crippen LogP contribution in [-0.4, -0.2) is 12.0 Å². The Bertz CT molecular complexity index is 141. The van der Waals surface area contributed by atoms with Gasteiger partial charge in [-0.05, 0) is 13.3 Å². The van der Waals surface area contributed by atoms with Crippen LogP contribution in [0.25, 0.3) is 0 Å². The van der Waals surface area contributed by atoms with Crippen molar-refractivity contribution in [3.63, 3.8) is 0 Å². The van der Waals surface area contributed by atoms with Crippen LogP contribution in [0.3, 0.4) is 0 Å². The van der Waals surface area contributed by atoms with E-state index in [1.165, 1.54) is 0 Å². The number of allylic oxidation sites excluding steroid dienone is 1. The highest BCUT2D eigenvalue weighted by Crippen LogP contribution is 1.98. The van der Waals surface area contributed by atoms with Crippen molar-refractivity contribution in [1.82, 2.24) is 0 Å². The molecule has 0 aliphatic heterocycles. The van der Waals surface area contributed by atoms with Crippen LogP contribution in [0.15, 0.2) is 11.6 Å². The van der Waals surface area contributed by atoms with Crippen LogP contribution in [0.1, 0.15) is 20.3 Å². The fourth-order valence-electron chi connectivity index (χ4n) is 0.553. The summed E-state index contributed by atoms with van der Waals surface area (Å²) in [7, 11) is 0. The molecule has 0 aromatic heterocycles. The van der Waals surface area contributed by atoms with E-state index in [0.29, 0.717) is 5.57 Å². The second kappa shape index (κ2) is 5.30. The molecule has 0 atom stereocenters. The van der Waals surface area contributed by atoms with Gasteiger partial charge >= 0.3 is 5.97 Å². The van der Waals surface area contributed by atoms with Gasteiger partial charge in [0, 0.05) is 5.57 Å². The van der Waals surface area contributed by atoms with Crippen LogP contribution in [0, 0.1) is 0 Å². The van der Waals surface area contributed by atoms with Gasteiger partial charge in [0.2, 0.25) is 0 Å². The van der Waals surface area contributed by atoms with E-state index in [-0.39, 0.29) is 12.0 Å². The molecule has 0 N–H and O–H groups in total. The van der Waals surface area contributed by atoms with E-state index < -0.39 is 0 Å². The molecule has 2 nitrogen and oxygen atoms in total. The third-order valence-corrected chi connectivity index (χ3v) is 1.13. The van der Waals surface area contributed by atoms with Gasteiger partial charge in [-0.25, -0.2) is 4.79 Å². The Morgan fingerprint density at radius 3 is 2.70 bits per heavy atom. The maximum absolute atomic E-state index is 10.8. The van der Waals surface area contributed by atoms with E-state index in [2.05, 4.69) is 4.74 Å². The molecule has 10 heavy (non-hydrogen) atoms. The van der Waals surface area contributed by atoms with Crippen LogP contribution in [0.2, 0.25) is 0 Å². The number of halogens is 1. The van der Waals surface area contributed by atoms with Crippen LogP contribution in [-0.2, 0) is 9.53 Å². The van der Waals surface area contributed by atoms with Crippen LogP contribution < -0.4 is 0 Å². The number of esters is 1. The summed E-state index contributed by atoms with van der Waals surface area (Å²) >= 11 is 5.17. The molecule has 3 heteroatoms. The van der Waals surface area contributed by atoms with Crippen LogP contribution >= 0.6 is 11.6 Å². The zero-order valence-electron chi connectivity index (χ0n) is 6.19. The van der Waals surface area contributed by atoms with E-state index in [1.54, 1.807) is 13.0 Å². The minimum atomic E-state index is -0.336. The van der Waals surface area contributed by atoms with Crippen molar-refractivity contribution in [3.05, 3.63) is 11.6 Å². The van der Waals surface area contributed by atoms with Crippen molar-refractivity contribution in [3.8, 4) is 0 Å². The van der Waals surface area contributed by atoms with Crippen molar-refractivity contribution < 1.29 is 9.53 Å². The molecular weight excluding hydrogens is 152 g/mol. The number of hydrogen-bond donors (Lipinski definition) is 0. The average Bonchev–Trinajstić information content (AvgIpc) is 1.89. The topological polar surface area (TPSA) is 26.3 Å². The smallest absolute Gasteiger partial charge is 0.334 e. The molecule has 0 aromatic rings. The predicted octanol–water partition coefficient (Wildman–Crippen LogP) is 2.08. The summed E-state index contributed by atoms with van der Waals surface area (Å²) in [5.41, 5.74) is 0.614. The van der Waals surface area contributed by atoms with E-state index in [0.717, 1.165) is 6.42 Å². The van der Waals surface area contributed by atoms with Gasteiger partial charge in [-0.15, -0.1) is 0 Å². The maximum atomic E-state index is 10.8. The zero-order chi connectivity index (χ0) is 7.98. The minimum absolute atomic E-state index is 0.0757. The first kappa shape index (κ1) is 9.50. The SMILES string of the molecule is CCC=C(C)C(=O)OCCl. The molecule has 0 saturated heterocycles. The summed E-state index contributed by atoms with van der Waals surface area (Å²) < 4.78 is 4.51.